The Balaban J connectivity index is 4.64. The highest BCUT2D eigenvalue weighted by molar-refractivity contribution is 5.67. The fourth-order valence-corrected chi connectivity index (χ4v) is 3.07. The Morgan fingerprint density at radius 3 is 1.81 bits per heavy atom. The molecule has 0 aromatic carbocycles. The molecule has 0 atom stereocenters. The van der Waals surface area contributed by atoms with Crippen LogP contribution in [0, 0.1) is 0 Å². The van der Waals surface area contributed by atoms with Crippen LogP contribution in [0.2, 0.25) is 0 Å². The molecule has 0 unspecified atom stereocenters. The minimum Gasteiger partial charge on any atom is -0.550 e. The molecular formula is C19H33NO6. The number of carbonyl (C=O) groups is 3. The van der Waals surface area contributed by atoms with Crippen LogP contribution in [-0.2, 0) is 14.4 Å². The lowest BCUT2D eigenvalue weighted by molar-refractivity contribution is -0.927. The van der Waals surface area contributed by atoms with Crippen molar-refractivity contribution >= 4 is 17.9 Å². The Morgan fingerprint density at radius 1 is 0.808 bits per heavy atom. The number of quaternary nitrogens is 1. The number of unbranched alkanes of at least 4 members (excludes halogenated alkanes) is 5. The summed E-state index contributed by atoms with van der Waals surface area (Å²) in [6.45, 7) is 3.31. The van der Waals surface area contributed by atoms with Crippen molar-refractivity contribution in [1.29, 1.82) is 0 Å². The largest absolute Gasteiger partial charge is 0.550 e. The summed E-state index contributed by atoms with van der Waals surface area (Å²) >= 11 is 0. The van der Waals surface area contributed by atoms with Gasteiger partial charge in [0, 0.05) is 12.4 Å². The van der Waals surface area contributed by atoms with E-state index in [-0.39, 0.29) is 43.4 Å². The predicted molar refractivity (Wildman–Crippen MR) is 96.4 cm³/mol. The fourth-order valence-electron chi connectivity index (χ4n) is 3.07. The molecule has 0 spiro atoms. The maximum atomic E-state index is 11.0. The normalized spacial score (nSPS) is 11.7. The van der Waals surface area contributed by atoms with Crippen LogP contribution in [0.15, 0.2) is 12.2 Å². The summed E-state index contributed by atoms with van der Waals surface area (Å²) in [4.78, 5) is 32.8. The smallest absolute Gasteiger partial charge is 0.309 e. The Morgan fingerprint density at radius 2 is 1.31 bits per heavy atom. The molecule has 0 saturated heterocycles. The molecule has 0 saturated carbocycles. The zero-order valence-electron chi connectivity index (χ0n) is 15.8. The van der Waals surface area contributed by atoms with Crippen molar-refractivity contribution < 1.29 is 34.2 Å². The molecule has 2 N–H and O–H groups in total. The van der Waals surface area contributed by atoms with Gasteiger partial charge >= 0.3 is 11.9 Å². The molecule has 0 aliphatic carbocycles. The Bertz CT molecular complexity index is 415. The minimum atomic E-state index is -1.19. The summed E-state index contributed by atoms with van der Waals surface area (Å²) in [6.07, 6.45) is 9.97. The Kier molecular flexibility index (Phi) is 13.3. The monoisotopic (exact) mass is 371 g/mol. The van der Waals surface area contributed by atoms with Gasteiger partial charge in [-0.2, -0.15) is 0 Å². The van der Waals surface area contributed by atoms with Gasteiger partial charge in [-0.25, -0.2) is 0 Å². The van der Waals surface area contributed by atoms with E-state index >= 15 is 0 Å². The summed E-state index contributed by atoms with van der Waals surface area (Å²) in [5.41, 5.74) is 0. The Hall–Kier alpha value is -1.89. The van der Waals surface area contributed by atoms with Gasteiger partial charge in [0.25, 0.3) is 0 Å². The molecule has 0 radical (unpaired) electrons. The first kappa shape index (κ1) is 24.1. The van der Waals surface area contributed by atoms with Crippen LogP contribution in [0.1, 0.15) is 64.7 Å². The lowest BCUT2D eigenvalue weighted by Gasteiger charge is -2.38. The quantitative estimate of drug-likeness (QED) is 0.229. The number of aliphatic carboxylic acids is 3. The van der Waals surface area contributed by atoms with Gasteiger partial charge in [-0.3, -0.25) is 9.59 Å². The first-order chi connectivity index (χ1) is 12.3. The average molecular weight is 371 g/mol. The van der Waals surface area contributed by atoms with Crippen LogP contribution in [-0.4, -0.2) is 58.8 Å². The van der Waals surface area contributed by atoms with Crippen molar-refractivity contribution in [2.45, 2.75) is 64.7 Å². The topological polar surface area (TPSA) is 115 Å². The second kappa shape index (κ2) is 14.3. The molecular weight excluding hydrogens is 338 g/mol. The van der Waals surface area contributed by atoms with Crippen LogP contribution < -0.4 is 5.11 Å². The SMILES string of the molecule is C/C=C/CCCCCCC[N+](CCC(=O)[O-])(CCC(=O)O)CCC(=O)O. The maximum absolute atomic E-state index is 11.0. The van der Waals surface area contributed by atoms with E-state index < -0.39 is 17.9 Å². The maximum Gasteiger partial charge on any atom is 0.309 e. The van der Waals surface area contributed by atoms with Gasteiger partial charge in [0.05, 0.1) is 39.0 Å². The number of carboxylic acids is 3. The van der Waals surface area contributed by atoms with E-state index in [1.165, 1.54) is 0 Å². The van der Waals surface area contributed by atoms with Gasteiger partial charge in [-0.1, -0.05) is 25.0 Å². The first-order valence-corrected chi connectivity index (χ1v) is 9.41. The van der Waals surface area contributed by atoms with Crippen molar-refractivity contribution in [3.8, 4) is 0 Å². The molecule has 0 rings (SSSR count). The van der Waals surface area contributed by atoms with E-state index in [0.717, 1.165) is 38.5 Å². The highest BCUT2D eigenvalue weighted by Crippen LogP contribution is 2.16. The van der Waals surface area contributed by atoms with E-state index in [2.05, 4.69) is 6.08 Å². The van der Waals surface area contributed by atoms with Crippen molar-refractivity contribution in [1.82, 2.24) is 0 Å². The van der Waals surface area contributed by atoms with Crippen LogP contribution in [0.5, 0.6) is 0 Å². The zero-order valence-corrected chi connectivity index (χ0v) is 15.8. The first-order valence-electron chi connectivity index (χ1n) is 9.41. The lowest BCUT2D eigenvalue weighted by Crippen LogP contribution is -2.53. The molecule has 0 aromatic rings. The minimum absolute atomic E-state index is 0.101. The van der Waals surface area contributed by atoms with Crippen LogP contribution in [0.25, 0.3) is 0 Å². The zero-order chi connectivity index (χ0) is 19.8. The highest BCUT2D eigenvalue weighted by Gasteiger charge is 2.28. The molecule has 150 valence electrons. The van der Waals surface area contributed by atoms with Crippen LogP contribution in [0.4, 0.5) is 0 Å². The number of allylic oxidation sites excluding steroid dienone is 2. The third-order valence-electron chi connectivity index (χ3n) is 4.63. The molecule has 26 heavy (non-hydrogen) atoms. The standard InChI is InChI=1S/C19H33NO6/c1-2-3-4-5-6-7-8-9-13-20(14-10-17(21)22,15-11-18(23)24)16-12-19(25)26/h2-3H,4-16H2,1H3,(H2-,21,22,23,24,25,26)/b3-2+. The molecule has 0 fully saturated rings. The van der Waals surface area contributed by atoms with Crippen molar-refractivity contribution in [2.75, 3.05) is 26.2 Å². The summed E-state index contributed by atoms with van der Waals surface area (Å²) in [6, 6.07) is 0. The van der Waals surface area contributed by atoms with Crippen LogP contribution >= 0.6 is 0 Å². The van der Waals surface area contributed by atoms with Crippen molar-refractivity contribution in [3.63, 3.8) is 0 Å². The van der Waals surface area contributed by atoms with Gasteiger partial charge in [-0.05, 0) is 32.6 Å². The van der Waals surface area contributed by atoms with Crippen LogP contribution in [0.3, 0.4) is 0 Å². The van der Waals surface area contributed by atoms with E-state index in [4.69, 9.17) is 10.2 Å². The van der Waals surface area contributed by atoms with E-state index in [0.29, 0.717) is 6.54 Å². The van der Waals surface area contributed by atoms with Gasteiger partial charge in [0.2, 0.25) is 0 Å². The highest BCUT2D eigenvalue weighted by atomic mass is 16.4. The number of hydrogen-bond acceptors (Lipinski definition) is 4. The van der Waals surface area contributed by atoms with Gasteiger partial charge in [-0.15, -0.1) is 0 Å². The van der Waals surface area contributed by atoms with E-state index in [9.17, 15) is 19.5 Å². The third-order valence-corrected chi connectivity index (χ3v) is 4.63. The molecule has 7 nitrogen and oxygen atoms in total. The number of carboxylic acid groups (broad SMARTS) is 3. The number of hydrogen-bond donors (Lipinski definition) is 2. The molecule has 0 bridgehead atoms. The second-order valence-electron chi connectivity index (χ2n) is 6.77. The van der Waals surface area contributed by atoms with Gasteiger partial charge in [0.1, 0.15) is 0 Å². The molecule has 0 aliphatic heterocycles. The summed E-state index contributed by atoms with van der Waals surface area (Å²) < 4.78 is 0.213. The summed E-state index contributed by atoms with van der Waals surface area (Å²) in [5.74, 6) is -3.11. The summed E-state index contributed by atoms with van der Waals surface area (Å²) in [5, 5.41) is 28.8. The number of rotatable bonds is 17. The number of nitrogens with zero attached hydrogens (tertiary/aromatic N) is 1. The van der Waals surface area contributed by atoms with Gasteiger partial charge < -0.3 is 24.6 Å². The molecule has 0 aromatic heterocycles. The Labute approximate surface area is 155 Å². The average Bonchev–Trinajstić information content (AvgIpc) is 2.57. The van der Waals surface area contributed by atoms with Crippen molar-refractivity contribution in [2.24, 2.45) is 0 Å². The molecule has 0 heterocycles. The second-order valence-corrected chi connectivity index (χ2v) is 6.77. The molecule has 0 aliphatic rings. The molecule has 0 amide bonds. The predicted octanol–water partition coefficient (Wildman–Crippen LogP) is 1.81. The fraction of sp³-hybridized carbons (Fsp3) is 0.737. The van der Waals surface area contributed by atoms with E-state index in [1.54, 1.807) is 0 Å². The van der Waals surface area contributed by atoms with Gasteiger partial charge in [0.15, 0.2) is 0 Å². The summed E-state index contributed by atoms with van der Waals surface area (Å²) in [7, 11) is 0. The third kappa shape index (κ3) is 13.4. The van der Waals surface area contributed by atoms with Crippen molar-refractivity contribution in [3.05, 3.63) is 12.2 Å². The van der Waals surface area contributed by atoms with E-state index in [1.807, 2.05) is 13.0 Å². The lowest BCUT2D eigenvalue weighted by atomic mass is 10.1. The molecule has 7 heteroatoms. The number of carbonyl (C=O) groups excluding carboxylic acids is 1.